The molecule has 0 atom stereocenters. The van der Waals surface area contributed by atoms with E-state index < -0.39 is 0 Å². The van der Waals surface area contributed by atoms with E-state index >= 15 is 0 Å². The van der Waals surface area contributed by atoms with Crippen molar-refractivity contribution in [3.05, 3.63) is 97.3 Å². The molecular formula is C23H19NO. The Hall–Kier alpha value is -3.26. The van der Waals surface area contributed by atoms with E-state index in [1.54, 1.807) is 7.11 Å². The van der Waals surface area contributed by atoms with Gasteiger partial charge in [-0.15, -0.1) is 0 Å². The highest BCUT2D eigenvalue weighted by molar-refractivity contribution is 5.83. The number of hydrogen-bond acceptors (Lipinski definition) is 1. The number of hydrogen-bond donors (Lipinski definition) is 0. The van der Waals surface area contributed by atoms with Crippen molar-refractivity contribution in [2.45, 2.75) is 0 Å². The van der Waals surface area contributed by atoms with Crippen LogP contribution >= 0.6 is 0 Å². The molecule has 1 aromatic heterocycles. The molecule has 122 valence electrons. The second-order valence-corrected chi connectivity index (χ2v) is 5.92. The van der Waals surface area contributed by atoms with Crippen LogP contribution in [0, 0.1) is 0 Å². The maximum atomic E-state index is 5.38. The summed E-state index contributed by atoms with van der Waals surface area (Å²) < 4.78 is 7.53. The first-order valence-electron chi connectivity index (χ1n) is 8.32. The number of rotatable bonds is 4. The molecule has 0 bridgehead atoms. The van der Waals surface area contributed by atoms with Gasteiger partial charge >= 0.3 is 0 Å². The normalized spacial score (nSPS) is 10.6. The van der Waals surface area contributed by atoms with E-state index in [1.165, 1.54) is 16.7 Å². The summed E-state index contributed by atoms with van der Waals surface area (Å²) in [6.07, 6.45) is 4.28. The average molecular weight is 325 g/mol. The summed E-state index contributed by atoms with van der Waals surface area (Å²) in [5.74, 6) is 0.870. The van der Waals surface area contributed by atoms with Gasteiger partial charge in [-0.05, 0) is 47.0 Å². The third-order valence-electron chi connectivity index (χ3n) is 4.37. The molecule has 0 unspecified atom stereocenters. The molecule has 0 fully saturated rings. The molecule has 0 radical (unpaired) electrons. The molecule has 0 aliphatic heterocycles. The van der Waals surface area contributed by atoms with Crippen LogP contribution in [0.2, 0.25) is 0 Å². The number of methoxy groups -OCH3 is 1. The van der Waals surface area contributed by atoms with Gasteiger partial charge < -0.3 is 9.30 Å². The molecular weight excluding hydrogens is 306 g/mol. The Labute approximate surface area is 148 Å². The number of aromatic nitrogens is 1. The van der Waals surface area contributed by atoms with Gasteiger partial charge in [-0.1, -0.05) is 54.6 Å². The fourth-order valence-corrected chi connectivity index (χ4v) is 3.09. The maximum absolute atomic E-state index is 5.38. The molecule has 2 nitrogen and oxygen atoms in total. The number of nitrogens with zero attached hydrogens (tertiary/aromatic N) is 1. The smallest absolute Gasteiger partial charge is 0.119 e. The van der Waals surface area contributed by atoms with Gasteiger partial charge in [0.1, 0.15) is 5.75 Å². The first-order valence-corrected chi connectivity index (χ1v) is 8.32. The standard InChI is InChI=1S/C23H19NO/c1-25-21-11-7-8-18(16-21)22-12-5-6-13-23(22)19-14-15-24(17-19)20-9-3-2-4-10-20/h2-17H,1H3. The van der Waals surface area contributed by atoms with Crippen LogP contribution in [-0.2, 0) is 0 Å². The Bertz CT molecular complexity index is 986. The summed E-state index contributed by atoms with van der Waals surface area (Å²) in [7, 11) is 1.70. The zero-order valence-corrected chi connectivity index (χ0v) is 14.1. The summed E-state index contributed by atoms with van der Waals surface area (Å²) in [5, 5.41) is 0. The highest BCUT2D eigenvalue weighted by Crippen LogP contribution is 2.34. The van der Waals surface area contributed by atoms with Gasteiger partial charge in [0, 0.05) is 23.6 Å². The lowest BCUT2D eigenvalue weighted by atomic mass is 9.96. The summed E-state index contributed by atoms with van der Waals surface area (Å²) in [6.45, 7) is 0. The quantitative estimate of drug-likeness (QED) is 0.461. The zero-order chi connectivity index (χ0) is 17.1. The van der Waals surface area contributed by atoms with Crippen molar-refractivity contribution in [2.24, 2.45) is 0 Å². The zero-order valence-electron chi connectivity index (χ0n) is 14.1. The fraction of sp³-hybridized carbons (Fsp3) is 0.0435. The Balaban J connectivity index is 1.78. The number of ether oxygens (including phenoxy) is 1. The summed E-state index contributed by atoms with van der Waals surface area (Å²) in [5.41, 5.74) is 5.93. The van der Waals surface area contributed by atoms with E-state index in [2.05, 4.69) is 83.7 Å². The van der Waals surface area contributed by atoms with Crippen LogP contribution in [0.3, 0.4) is 0 Å². The fourth-order valence-electron chi connectivity index (χ4n) is 3.09. The van der Waals surface area contributed by atoms with Gasteiger partial charge in [-0.25, -0.2) is 0 Å². The van der Waals surface area contributed by atoms with Crippen LogP contribution in [0.25, 0.3) is 27.9 Å². The predicted octanol–water partition coefficient (Wildman–Crippen LogP) is 5.82. The van der Waals surface area contributed by atoms with E-state index in [9.17, 15) is 0 Å². The molecule has 0 amide bonds. The Kier molecular flexibility index (Phi) is 4.09. The third-order valence-corrected chi connectivity index (χ3v) is 4.37. The van der Waals surface area contributed by atoms with E-state index in [1.807, 2.05) is 18.2 Å². The van der Waals surface area contributed by atoms with Gasteiger partial charge in [-0.2, -0.15) is 0 Å². The van der Waals surface area contributed by atoms with Crippen molar-refractivity contribution in [2.75, 3.05) is 7.11 Å². The Morgan fingerprint density at radius 1 is 0.680 bits per heavy atom. The second kappa shape index (κ2) is 6.70. The minimum atomic E-state index is 0.870. The molecule has 4 rings (SSSR count). The monoisotopic (exact) mass is 325 g/mol. The summed E-state index contributed by atoms with van der Waals surface area (Å²) in [4.78, 5) is 0. The molecule has 0 N–H and O–H groups in total. The van der Waals surface area contributed by atoms with Crippen LogP contribution in [0.1, 0.15) is 0 Å². The molecule has 0 saturated heterocycles. The minimum absolute atomic E-state index is 0.870. The van der Waals surface area contributed by atoms with Gasteiger partial charge in [0.25, 0.3) is 0 Å². The predicted molar refractivity (Wildman–Crippen MR) is 103 cm³/mol. The Morgan fingerprint density at radius 2 is 1.40 bits per heavy atom. The van der Waals surface area contributed by atoms with Crippen LogP contribution in [0.4, 0.5) is 0 Å². The SMILES string of the molecule is COc1cccc(-c2ccccc2-c2ccn(-c3ccccc3)c2)c1. The van der Waals surface area contributed by atoms with Gasteiger partial charge in [0.05, 0.1) is 7.11 Å². The lowest BCUT2D eigenvalue weighted by Gasteiger charge is -2.10. The third kappa shape index (κ3) is 3.07. The summed E-state index contributed by atoms with van der Waals surface area (Å²) >= 11 is 0. The topological polar surface area (TPSA) is 14.2 Å². The Morgan fingerprint density at radius 3 is 2.16 bits per heavy atom. The largest absolute Gasteiger partial charge is 0.497 e. The van der Waals surface area contributed by atoms with Crippen LogP contribution in [0.15, 0.2) is 97.3 Å². The first-order chi connectivity index (χ1) is 12.3. The van der Waals surface area contributed by atoms with Crippen LogP contribution in [-0.4, -0.2) is 11.7 Å². The van der Waals surface area contributed by atoms with E-state index in [0.29, 0.717) is 0 Å². The van der Waals surface area contributed by atoms with Gasteiger partial charge in [0.2, 0.25) is 0 Å². The number of para-hydroxylation sites is 1. The van der Waals surface area contributed by atoms with E-state index in [-0.39, 0.29) is 0 Å². The molecule has 0 aliphatic carbocycles. The van der Waals surface area contributed by atoms with Gasteiger partial charge in [0.15, 0.2) is 0 Å². The first kappa shape index (κ1) is 15.3. The average Bonchev–Trinajstić information content (AvgIpc) is 3.19. The van der Waals surface area contributed by atoms with E-state index in [4.69, 9.17) is 4.74 Å². The molecule has 0 aliphatic rings. The second-order valence-electron chi connectivity index (χ2n) is 5.92. The van der Waals surface area contributed by atoms with Crippen molar-refractivity contribution in [3.63, 3.8) is 0 Å². The minimum Gasteiger partial charge on any atom is -0.497 e. The summed E-state index contributed by atoms with van der Waals surface area (Å²) in [6, 6.07) is 29.2. The lowest BCUT2D eigenvalue weighted by Crippen LogP contribution is -1.89. The van der Waals surface area contributed by atoms with E-state index in [0.717, 1.165) is 17.0 Å². The molecule has 0 spiro atoms. The molecule has 3 aromatic carbocycles. The molecule has 0 saturated carbocycles. The van der Waals surface area contributed by atoms with Gasteiger partial charge in [-0.3, -0.25) is 0 Å². The van der Waals surface area contributed by atoms with Crippen molar-refractivity contribution in [1.82, 2.24) is 4.57 Å². The lowest BCUT2D eigenvalue weighted by molar-refractivity contribution is 0.415. The molecule has 1 heterocycles. The maximum Gasteiger partial charge on any atom is 0.119 e. The molecule has 25 heavy (non-hydrogen) atoms. The van der Waals surface area contributed by atoms with Crippen molar-refractivity contribution < 1.29 is 4.74 Å². The highest BCUT2D eigenvalue weighted by atomic mass is 16.5. The van der Waals surface area contributed by atoms with Crippen molar-refractivity contribution >= 4 is 0 Å². The molecule has 2 heteroatoms. The highest BCUT2D eigenvalue weighted by Gasteiger charge is 2.09. The van der Waals surface area contributed by atoms with Crippen LogP contribution in [0.5, 0.6) is 5.75 Å². The number of benzene rings is 3. The molecule has 4 aromatic rings. The van der Waals surface area contributed by atoms with Crippen molar-refractivity contribution in [3.8, 4) is 33.7 Å². The van der Waals surface area contributed by atoms with Crippen molar-refractivity contribution in [1.29, 1.82) is 0 Å². The van der Waals surface area contributed by atoms with Crippen LogP contribution < -0.4 is 4.74 Å².